The van der Waals surface area contributed by atoms with Crippen LogP contribution in [0.2, 0.25) is 5.02 Å². The number of amides is 2. The minimum atomic E-state index is -0.0751. The summed E-state index contributed by atoms with van der Waals surface area (Å²) in [6.07, 6.45) is 1.12. The second-order valence-electron chi connectivity index (χ2n) is 6.08. The molecule has 1 aromatic rings. The molecule has 23 heavy (non-hydrogen) atoms. The number of carbonyl (C=O) groups is 2. The molecule has 124 valence electrons. The highest BCUT2D eigenvalue weighted by atomic mass is 35.5. The molecule has 0 spiro atoms. The Morgan fingerprint density at radius 3 is 2.74 bits per heavy atom. The molecule has 3 rings (SSSR count). The Hall–Kier alpha value is -1.75. The van der Waals surface area contributed by atoms with Crippen LogP contribution >= 0.6 is 11.6 Å². The van der Waals surface area contributed by atoms with E-state index in [0.29, 0.717) is 49.8 Å². The second kappa shape index (κ2) is 6.79. The number of likely N-dealkylation sites (tertiary alicyclic amines) is 2. The Labute approximate surface area is 141 Å². The number of para-hydroxylation sites is 1. The molecule has 5 nitrogen and oxygen atoms in total. The minimum Gasteiger partial charge on any atom is -0.485 e. The highest BCUT2D eigenvalue weighted by Crippen LogP contribution is 2.28. The van der Waals surface area contributed by atoms with Crippen molar-refractivity contribution < 1.29 is 14.3 Å². The van der Waals surface area contributed by atoms with E-state index < -0.39 is 0 Å². The first-order chi connectivity index (χ1) is 11.1. The normalized spacial score (nSPS) is 22.0. The van der Waals surface area contributed by atoms with Crippen molar-refractivity contribution >= 4 is 23.4 Å². The summed E-state index contributed by atoms with van der Waals surface area (Å²) in [5.41, 5.74) is 0. The molecule has 2 fully saturated rings. The van der Waals surface area contributed by atoms with Gasteiger partial charge >= 0.3 is 0 Å². The summed E-state index contributed by atoms with van der Waals surface area (Å²) in [6.45, 7) is 4.32. The Morgan fingerprint density at radius 2 is 2.04 bits per heavy atom. The van der Waals surface area contributed by atoms with Crippen molar-refractivity contribution in [1.82, 2.24) is 9.80 Å². The van der Waals surface area contributed by atoms with E-state index >= 15 is 0 Å². The van der Waals surface area contributed by atoms with Gasteiger partial charge in [0.25, 0.3) is 0 Å². The molecule has 0 radical (unpaired) electrons. The third kappa shape index (κ3) is 3.44. The molecule has 2 saturated heterocycles. The molecule has 2 aliphatic heterocycles. The molecule has 0 bridgehead atoms. The molecule has 2 heterocycles. The maximum absolute atomic E-state index is 12.5. The first-order valence-electron chi connectivity index (χ1n) is 8.06. The van der Waals surface area contributed by atoms with Crippen LogP contribution in [0.25, 0.3) is 0 Å². The molecule has 0 unspecified atom stereocenters. The van der Waals surface area contributed by atoms with Gasteiger partial charge in [0, 0.05) is 19.5 Å². The Bertz CT molecular complexity index is 601. The van der Waals surface area contributed by atoms with Crippen molar-refractivity contribution in [1.29, 1.82) is 0 Å². The van der Waals surface area contributed by atoms with Crippen LogP contribution in [0.15, 0.2) is 24.3 Å². The Balaban J connectivity index is 1.50. The number of benzene rings is 1. The van der Waals surface area contributed by atoms with Gasteiger partial charge < -0.3 is 14.5 Å². The van der Waals surface area contributed by atoms with Gasteiger partial charge in [0.15, 0.2) is 0 Å². The fraction of sp³-hybridized carbons (Fsp3) is 0.529. The largest absolute Gasteiger partial charge is 0.485 e. The zero-order chi connectivity index (χ0) is 16.4. The van der Waals surface area contributed by atoms with Gasteiger partial charge in [-0.05, 0) is 25.5 Å². The van der Waals surface area contributed by atoms with Crippen LogP contribution in [-0.4, -0.2) is 53.9 Å². The van der Waals surface area contributed by atoms with E-state index in [-0.39, 0.29) is 23.8 Å². The Morgan fingerprint density at radius 1 is 1.30 bits per heavy atom. The molecule has 1 atom stereocenters. The smallest absolute Gasteiger partial charge is 0.227 e. The van der Waals surface area contributed by atoms with Gasteiger partial charge in [-0.25, -0.2) is 0 Å². The monoisotopic (exact) mass is 336 g/mol. The summed E-state index contributed by atoms with van der Waals surface area (Å²) in [6, 6.07) is 7.35. The van der Waals surface area contributed by atoms with Crippen LogP contribution < -0.4 is 4.74 Å². The molecule has 6 heteroatoms. The topological polar surface area (TPSA) is 49.9 Å². The average molecular weight is 337 g/mol. The number of carbonyl (C=O) groups excluding carboxylic acids is 2. The zero-order valence-electron chi connectivity index (χ0n) is 13.2. The van der Waals surface area contributed by atoms with Crippen molar-refractivity contribution in [2.75, 3.05) is 26.2 Å². The number of rotatable bonds is 4. The van der Waals surface area contributed by atoms with Crippen LogP contribution in [-0.2, 0) is 9.59 Å². The van der Waals surface area contributed by atoms with Gasteiger partial charge in [-0.15, -0.1) is 0 Å². The summed E-state index contributed by atoms with van der Waals surface area (Å²) in [5.74, 6) is 0.871. The van der Waals surface area contributed by atoms with Gasteiger partial charge in [-0.2, -0.15) is 0 Å². The van der Waals surface area contributed by atoms with Crippen molar-refractivity contribution in [3.63, 3.8) is 0 Å². The van der Waals surface area contributed by atoms with Gasteiger partial charge in [-0.3, -0.25) is 9.59 Å². The summed E-state index contributed by atoms with van der Waals surface area (Å²) in [7, 11) is 0. The maximum atomic E-state index is 12.5. The minimum absolute atomic E-state index is 0.00801. The van der Waals surface area contributed by atoms with Crippen molar-refractivity contribution in [2.45, 2.75) is 25.9 Å². The van der Waals surface area contributed by atoms with Gasteiger partial charge in [-0.1, -0.05) is 23.7 Å². The Kier molecular flexibility index (Phi) is 4.76. The van der Waals surface area contributed by atoms with Crippen molar-refractivity contribution in [3.05, 3.63) is 29.3 Å². The fourth-order valence-corrected chi connectivity index (χ4v) is 3.27. The summed E-state index contributed by atoms with van der Waals surface area (Å²) in [4.78, 5) is 27.8. The molecule has 2 aliphatic rings. The first-order valence-corrected chi connectivity index (χ1v) is 8.44. The lowest BCUT2D eigenvalue weighted by molar-refractivity contribution is -0.149. The molecule has 0 saturated carbocycles. The van der Waals surface area contributed by atoms with E-state index in [1.807, 2.05) is 30.0 Å². The lowest BCUT2D eigenvalue weighted by Crippen LogP contribution is -2.59. The van der Waals surface area contributed by atoms with Crippen molar-refractivity contribution in [2.24, 2.45) is 5.92 Å². The number of nitrogens with zero attached hydrogens (tertiary/aromatic N) is 2. The third-order valence-corrected chi connectivity index (χ3v) is 4.83. The van der Waals surface area contributed by atoms with E-state index in [4.69, 9.17) is 16.3 Å². The molecule has 1 aromatic carbocycles. The predicted octanol–water partition coefficient (Wildman–Crippen LogP) is 2.19. The van der Waals surface area contributed by atoms with Crippen LogP contribution in [0.3, 0.4) is 0 Å². The quantitative estimate of drug-likeness (QED) is 0.847. The van der Waals surface area contributed by atoms with Crippen LogP contribution in [0.4, 0.5) is 0 Å². The summed E-state index contributed by atoms with van der Waals surface area (Å²) < 4.78 is 5.82. The molecule has 2 amide bonds. The summed E-state index contributed by atoms with van der Waals surface area (Å²) in [5, 5.41) is 0.585. The standard InChI is InChI=1S/C17H21ClN2O3/c1-2-19-9-12(7-8-16(19)21)17(22)20-10-13(11-20)23-15-6-4-3-5-14(15)18/h3-6,12-13H,2,7-11H2,1H3/t12-/m1/s1. The van der Waals surface area contributed by atoms with E-state index in [1.54, 1.807) is 11.0 Å². The van der Waals surface area contributed by atoms with E-state index in [0.717, 1.165) is 0 Å². The molecule has 0 N–H and O–H groups in total. The number of ether oxygens (including phenoxy) is 1. The van der Waals surface area contributed by atoms with E-state index in [1.165, 1.54) is 0 Å². The van der Waals surface area contributed by atoms with Crippen molar-refractivity contribution in [3.8, 4) is 5.75 Å². The van der Waals surface area contributed by atoms with Gasteiger partial charge in [0.05, 0.1) is 24.0 Å². The molecule has 0 aromatic heterocycles. The number of hydrogen-bond donors (Lipinski definition) is 0. The highest BCUT2D eigenvalue weighted by Gasteiger charge is 2.38. The van der Waals surface area contributed by atoms with Crippen LogP contribution in [0.5, 0.6) is 5.75 Å². The number of halogens is 1. The molecule has 0 aliphatic carbocycles. The summed E-state index contributed by atoms with van der Waals surface area (Å²) >= 11 is 6.07. The van der Waals surface area contributed by atoms with Gasteiger partial charge in [0.1, 0.15) is 11.9 Å². The first kappa shape index (κ1) is 16.1. The predicted molar refractivity (Wildman–Crippen MR) is 87.4 cm³/mol. The highest BCUT2D eigenvalue weighted by molar-refractivity contribution is 6.32. The zero-order valence-corrected chi connectivity index (χ0v) is 14.0. The number of piperidine rings is 1. The van der Waals surface area contributed by atoms with E-state index in [2.05, 4.69) is 0 Å². The molecular weight excluding hydrogens is 316 g/mol. The maximum Gasteiger partial charge on any atom is 0.227 e. The SMILES string of the molecule is CCN1C[C@H](C(=O)N2CC(Oc3ccccc3Cl)C2)CCC1=O. The lowest BCUT2D eigenvalue weighted by Gasteiger charge is -2.42. The fourth-order valence-electron chi connectivity index (χ4n) is 3.09. The third-order valence-electron chi connectivity index (χ3n) is 4.52. The van der Waals surface area contributed by atoms with E-state index in [9.17, 15) is 9.59 Å². The van der Waals surface area contributed by atoms with Crippen LogP contribution in [0.1, 0.15) is 19.8 Å². The number of hydrogen-bond acceptors (Lipinski definition) is 3. The molecular formula is C17H21ClN2O3. The van der Waals surface area contributed by atoms with Gasteiger partial charge in [0.2, 0.25) is 11.8 Å². The van der Waals surface area contributed by atoms with Crippen LogP contribution in [0, 0.1) is 5.92 Å². The second-order valence-corrected chi connectivity index (χ2v) is 6.49. The lowest BCUT2D eigenvalue weighted by atomic mass is 9.94. The average Bonchev–Trinajstić information content (AvgIpc) is 2.52.